The van der Waals surface area contributed by atoms with Crippen molar-refractivity contribution in [3.05, 3.63) is 0 Å². The summed E-state index contributed by atoms with van der Waals surface area (Å²) in [6, 6.07) is 0. The highest BCUT2D eigenvalue weighted by atomic mass is 14.3. The van der Waals surface area contributed by atoms with Crippen LogP contribution in [0.2, 0.25) is 0 Å². The average molecular weight is 311 g/mol. The molecule has 0 saturated heterocycles. The molecular weight excluding hydrogens is 264 g/mol. The van der Waals surface area contributed by atoms with Crippen molar-refractivity contribution in [2.24, 2.45) is 10.8 Å². The van der Waals surface area contributed by atoms with Crippen molar-refractivity contribution in [1.82, 2.24) is 0 Å². The lowest BCUT2D eigenvalue weighted by atomic mass is 9.83. The van der Waals surface area contributed by atoms with Crippen molar-refractivity contribution in [2.45, 2.75) is 131 Å². The molecule has 0 heteroatoms. The van der Waals surface area contributed by atoms with Crippen LogP contribution in [-0.4, -0.2) is 0 Å². The molecule has 0 aromatic carbocycles. The summed E-state index contributed by atoms with van der Waals surface area (Å²) in [6.45, 7) is 13.5. The lowest BCUT2D eigenvalue weighted by Gasteiger charge is -2.22. The molecular formula is C22H46. The highest BCUT2D eigenvalue weighted by Gasteiger charge is 2.27. The molecule has 2 rings (SSSR count). The van der Waals surface area contributed by atoms with E-state index >= 15 is 0 Å². The normalized spacial score (nSPS) is 21.5. The summed E-state index contributed by atoms with van der Waals surface area (Å²) in [4.78, 5) is 0. The van der Waals surface area contributed by atoms with Gasteiger partial charge in [0.25, 0.3) is 0 Å². The second-order valence-corrected chi connectivity index (χ2v) is 8.24. The highest BCUT2D eigenvalue weighted by Crippen LogP contribution is 2.42. The van der Waals surface area contributed by atoms with Gasteiger partial charge in [-0.25, -0.2) is 0 Å². The molecule has 134 valence electrons. The summed E-state index contributed by atoms with van der Waals surface area (Å²) in [5, 5.41) is 0. The molecule has 2 fully saturated rings. The topological polar surface area (TPSA) is 0 Å². The van der Waals surface area contributed by atoms with Gasteiger partial charge in [0.15, 0.2) is 0 Å². The molecule has 0 aromatic rings. The summed E-state index contributed by atoms with van der Waals surface area (Å²) in [5.41, 5.74) is 1.49. The first-order valence-electron chi connectivity index (χ1n) is 10.5. The Hall–Kier alpha value is 0. The predicted octanol–water partition coefficient (Wildman–Crippen LogP) is 8.54. The van der Waals surface area contributed by atoms with Crippen LogP contribution >= 0.6 is 0 Å². The van der Waals surface area contributed by atoms with Crippen LogP contribution < -0.4 is 0 Å². The van der Waals surface area contributed by atoms with E-state index in [0.717, 1.165) is 10.8 Å². The van der Waals surface area contributed by atoms with Crippen LogP contribution in [0.5, 0.6) is 0 Å². The van der Waals surface area contributed by atoms with E-state index < -0.39 is 0 Å². The summed E-state index contributed by atoms with van der Waals surface area (Å²) < 4.78 is 0. The Bertz CT molecular complexity index is 228. The zero-order chi connectivity index (χ0) is 16.9. The predicted molar refractivity (Wildman–Crippen MR) is 104 cm³/mol. The summed E-state index contributed by atoms with van der Waals surface area (Å²) in [7, 11) is 0. The first-order valence-corrected chi connectivity index (χ1v) is 10.5. The smallest absolute Gasteiger partial charge is 0.0326 e. The third-order valence-corrected chi connectivity index (χ3v) is 5.86. The highest BCUT2D eigenvalue weighted by molar-refractivity contribution is 4.80. The van der Waals surface area contributed by atoms with Gasteiger partial charge in [0.05, 0.1) is 0 Å². The van der Waals surface area contributed by atoms with Gasteiger partial charge >= 0.3 is 0 Å². The van der Waals surface area contributed by atoms with Crippen molar-refractivity contribution in [2.75, 3.05) is 0 Å². The summed E-state index contributed by atoms with van der Waals surface area (Å²) >= 11 is 0. The van der Waals surface area contributed by atoms with Crippen molar-refractivity contribution < 1.29 is 0 Å². The second-order valence-electron chi connectivity index (χ2n) is 8.24. The van der Waals surface area contributed by atoms with Gasteiger partial charge in [-0.1, -0.05) is 92.9 Å². The molecule has 0 radical (unpaired) electrons. The Morgan fingerprint density at radius 2 is 1.00 bits per heavy atom. The molecule has 0 unspecified atom stereocenters. The number of hydrogen-bond donors (Lipinski definition) is 0. The molecule has 2 aliphatic rings. The van der Waals surface area contributed by atoms with E-state index in [0.29, 0.717) is 0 Å². The quantitative estimate of drug-likeness (QED) is 0.431. The summed E-state index contributed by atoms with van der Waals surface area (Å²) in [6.07, 6.45) is 20.5. The van der Waals surface area contributed by atoms with Crippen LogP contribution in [0, 0.1) is 10.8 Å². The molecule has 0 N–H and O–H groups in total. The Morgan fingerprint density at radius 3 is 1.36 bits per heavy atom. The maximum absolute atomic E-state index is 2.48. The van der Waals surface area contributed by atoms with E-state index in [1.165, 1.54) is 89.9 Å². The second kappa shape index (κ2) is 12.4. The fraction of sp³-hybridized carbons (Fsp3) is 1.00. The SMILES string of the molecule is CC.CCCC1(C)CCCC1.CCCCCC1(C)CCCC1. The van der Waals surface area contributed by atoms with Gasteiger partial charge in [0.2, 0.25) is 0 Å². The van der Waals surface area contributed by atoms with Crippen LogP contribution in [0.25, 0.3) is 0 Å². The molecule has 22 heavy (non-hydrogen) atoms. The maximum Gasteiger partial charge on any atom is -0.0326 e. The van der Waals surface area contributed by atoms with E-state index in [1.807, 2.05) is 13.8 Å². The molecule has 0 nitrogen and oxygen atoms in total. The summed E-state index contributed by atoms with van der Waals surface area (Å²) in [5.74, 6) is 0. The van der Waals surface area contributed by atoms with Crippen LogP contribution in [0.3, 0.4) is 0 Å². The van der Waals surface area contributed by atoms with Crippen LogP contribution in [0.4, 0.5) is 0 Å². The zero-order valence-electron chi connectivity index (χ0n) is 16.9. The van der Waals surface area contributed by atoms with Crippen LogP contribution in [-0.2, 0) is 0 Å². The first-order chi connectivity index (χ1) is 10.5. The first kappa shape index (κ1) is 22.0. The lowest BCUT2D eigenvalue weighted by molar-refractivity contribution is 0.296. The van der Waals surface area contributed by atoms with Crippen molar-refractivity contribution in [1.29, 1.82) is 0 Å². The van der Waals surface area contributed by atoms with Gasteiger partial charge in [-0.05, 0) is 49.4 Å². The van der Waals surface area contributed by atoms with Gasteiger partial charge in [0.1, 0.15) is 0 Å². The fourth-order valence-electron chi connectivity index (χ4n) is 4.36. The van der Waals surface area contributed by atoms with Crippen molar-refractivity contribution >= 4 is 0 Å². The van der Waals surface area contributed by atoms with E-state index in [2.05, 4.69) is 27.7 Å². The average Bonchev–Trinajstić information content (AvgIpc) is 3.12. The van der Waals surface area contributed by atoms with Gasteiger partial charge in [0, 0.05) is 0 Å². The van der Waals surface area contributed by atoms with Gasteiger partial charge < -0.3 is 0 Å². The molecule has 2 aliphatic carbocycles. The van der Waals surface area contributed by atoms with E-state index in [-0.39, 0.29) is 0 Å². The van der Waals surface area contributed by atoms with E-state index in [4.69, 9.17) is 0 Å². The van der Waals surface area contributed by atoms with Gasteiger partial charge in [-0.15, -0.1) is 0 Å². The monoisotopic (exact) mass is 310 g/mol. The minimum atomic E-state index is 0.745. The molecule has 0 spiro atoms. The molecule has 0 atom stereocenters. The maximum atomic E-state index is 2.48. The Balaban J connectivity index is 0.000000366. The molecule has 0 bridgehead atoms. The molecule has 0 amide bonds. The molecule has 0 aliphatic heterocycles. The van der Waals surface area contributed by atoms with E-state index in [1.54, 1.807) is 0 Å². The van der Waals surface area contributed by atoms with Crippen LogP contribution in [0.1, 0.15) is 131 Å². The van der Waals surface area contributed by atoms with Crippen LogP contribution in [0.15, 0.2) is 0 Å². The van der Waals surface area contributed by atoms with Crippen molar-refractivity contribution in [3.8, 4) is 0 Å². The third-order valence-electron chi connectivity index (χ3n) is 5.86. The van der Waals surface area contributed by atoms with Gasteiger partial charge in [-0.3, -0.25) is 0 Å². The molecule has 0 aromatic heterocycles. The number of hydrogen-bond acceptors (Lipinski definition) is 0. The number of unbranched alkanes of at least 4 members (excludes halogenated alkanes) is 2. The minimum Gasteiger partial charge on any atom is -0.0683 e. The molecule has 0 heterocycles. The molecule has 2 saturated carbocycles. The standard InChI is InChI=1S/C11H22.C9H18.C2H6/c1-3-4-5-8-11(2)9-6-7-10-11;1-3-6-9(2)7-4-5-8-9;1-2/h3-10H2,1-2H3;3-8H2,1-2H3;1-2H3. The van der Waals surface area contributed by atoms with Crippen molar-refractivity contribution in [3.63, 3.8) is 0 Å². The largest absolute Gasteiger partial charge is 0.0683 e. The Kier molecular flexibility index (Phi) is 12.4. The van der Waals surface area contributed by atoms with Gasteiger partial charge in [-0.2, -0.15) is 0 Å². The lowest BCUT2D eigenvalue weighted by Crippen LogP contribution is -2.09. The Morgan fingerprint density at radius 1 is 0.591 bits per heavy atom. The third kappa shape index (κ3) is 9.21. The minimum absolute atomic E-state index is 0.745. The number of rotatable bonds is 6. The fourth-order valence-corrected chi connectivity index (χ4v) is 4.36. The zero-order valence-corrected chi connectivity index (χ0v) is 16.9. The Labute approximate surface area is 142 Å². The van der Waals surface area contributed by atoms with E-state index in [9.17, 15) is 0 Å².